The fourth-order valence-electron chi connectivity index (χ4n) is 3.21. The Labute approximate surface area is 169 Å². The van der Waals surface area contributed by atoms with Crippen LogP contribution in [0.1, 0.15) is 29.8 Å². The number of nitrogens with zero attached hydrogens (tertiary/aromatic N) is 3. The third kappa shape index (κ3) is 4.34. The van der Waals surface area contributed by atoms with Crippen LogP contribution in [0.15, 0.2) is 18.2 Å². The van der Waals surface area contributed by atoms with E-state index in [0.29, 0.717) is 16.5 Å². The molecule has 1 amide bonds. The van der Waals surface area contributed by atoms with Gasteiger partial charge in [-0.2, -0.15) is 5.10 Å². The maximum atomic E-state index is 12.6. The van der Waals surface area contributed by atoms with E-state index in [4.69, 9.17) is 28.9 Å². The Bertz CT molecular complexity index is 798. The van der Waals surface area contributed by atoms with E-state index >= 15 is 0 Å². The van der Waals surface area contributed by atoms with Crippen LogP contribution in [0.4, 0.5) is 0 Å². The van der Waals surface area contributed by atoms with Crippen LogP contribution in [-0.2, 0) is 11.2 Å². The number of carbonyl (C=O) groups excluding carboxylic acids is 1. The van der Waals surface area contributed by atoms with E-state index in [-0.39, 0.29) is 24.4 Å². The van der Waals surface area contributed by atoms with Crippen LogP contribution >= 0.6 is 35.6 Å². The van der Waals surface area contributed by atoms with Crippen LogP contribution in [0.2, 0.25) is 10.0 Å². The van der Waals surface area contributed by atoms with Crippen molar-refractivity contribution >= 4 is 41.5 Å². The van der Waals surface area contributed by atoms with Crippen LogP contribution in [0, 0.1) is 13.8 Å². The number of aromatic nitrogens is 2. The Morgan fingerprint density at radius 2 is 1.88 bits per heavy atom. The van der Waals surface area contributed by atoms with Crippen molar-refractivity contribution in [3.8, 4) is 5.69 Å². The number of aryl methyl sites for hydroxylation is 1. The van der Waals surface area contributed by atoms with E-state index in [1.165, 1.54) is 0 Å². The number of hydrogen-bond acceptors (Lipinski definition) is 3. The molecule has 0 bridgehead atoms. The molecule has 142 valence electrons. The van der Waals surface area contributed by atoms with Gasteiger partial charge >= 0.3 is 0 Å². The molecule has 0 unspecified atom stereocenters. The summed E-state index contributed by atoms with van der Waals surface area (Å²) in [4.78, 5) is 14.5. The molecule has 26 heavy (non-hydrogen) atoms. The van der Waals surface area contributed by atoms with Gasteiger partial charge in [-0.3, -0.25) is 4.79 Å². The summed E-state index contributed by atoms with van der Waals surface area (Å²) >= 11 is 12.1. The van der Waals surface area contributed by atoms with Gasteiger partial charge in [-0.25, -0.2) is 4.68 Å². The number of piperidine rings is 1. The molecule has 1 aliphatic heterocycles. The van der Waals surface area contributed by atoms with Crippen molar-refractivity contribution in [1.29, 1.82) is 0 Å². The molecule has 0 atom stereocenters. The fourth-order valence-corrected chi connectivity index (χ4v) is 3.50. The molecule has 3 rings (SSSR count). The molecule has 1 aromatic carbocycles. The second-order valence-electron chi connectivity index (χ2n) is 6.55. The van der Waals surface area contributed by atoms with E-state index in [0.717, 1.165) is 48.6 Å². The number of hydrogen-bond donors (Lipinski definition) is 1. The zero-order chi connectivity index (χ0) is 18.1. The minimum absolute atomic E-state index is 0. The highest BCUT2D eigenvalue weighted by molar-refractivity contribution is 6.42. The molecule has 1 fully saturated rings. The Hall–Kier alpha value is -1.27. The Kier molecular flexibility index (Phi) is 6.97. The van der Waals surface area contributed by atoms with Crippen LogP contribution in [0.3, 0.4) is 0 Å². The summed E-state index contributed by atoms with van der Waals surface area (Å²) in [7, 11) is 0. The minimum atomic E-state index is 0. The smallest absolute Gasteiger partial charge is 0.227 e. The first-order valence-corrected chi connectivity index (χ1v) is 9.16. The molecular weight excluding hydrogens is 395 g/mol. The minimum Gasteiger partial charge on any atom is -0.342 e. The fraction of sp³-hybridized carbons (Fsp3) is 0.444. The number of rotatable bonds is 3. The SMILES string of the molecule is Cc1nn(-c2ccc(Cl)c(Cl)c2)c(C)c1CC(=O)N1CCC(N)CC1.Cl. The highest BCUT2D eigenvalue weighted by atomic mass is 35.5. The summed E-state index contributed by atoms with van der Waals surface area (Å²) in [6, 6.07) is 5.61. The quantitative estimate of drug-likeness (QED) is 0.828. The zero-order valence-electron chi connectivity index (χ0n) is 14.8. The van der Waals surface area contributed by atoms with Gasteiger partial charge in [0.15, 0.2) is 0 Å². The zero-order valence-corrected chi connectivity index (χ0v) is 17.2. The normalized spacial score (nSPS) is 15.0. The summed E-state index contributed by atoms with van der Waals surface area (Å²) in [6.45, 7) is 5.37. The molecule has 1 aromatic heterocycles. The Morgan fingerprint density at radius 3 is 2.50 bits per heavy atom. The van der Waals surface area contributed by atoms with Gasteiger partial charge in [0.05, 0.1) is 27.8 Å². The average Bonchev–Trinajstić information content (AvgIpc) is 2.86. The lowest BCUT2D eigenvalue weighted by molar-refractivity contribution is -0.131. The first kappa shape index (κ1) is 21.0. The van der Waals surface area contributed by atoms with E-state index in [9.17, 15) is 4.79 Å². The first-order chi connectivity index (χ1) is 11.9. The van der Waals surface area contributed by atoms with Crippen LogP contribution in [0.25, 0.3) is 5.69 Å². The number of likely N-dealkylation sites (tertiary alicyclic amines) is 1. The van der Waals surface area contributed by atoms with Crippen molar-refractivity contribution in [3.05, 3.63) is 45.2 Å². The number of benzene rings is 1. The lowest BCUT2D eigenvalue weighted by Crippen LogP contribution is -2.43. The maximum absolute atomic E-state index is 12.6. The number of nitrogens with two attached hydrogens (primary N) is 1. The molecule has 8 heteroatoms. The molecule has 0 radical (unpaired) electrons. The van der Waals surface area contributed by atoms with Gasteiger partial charge in [0.2, 0.25) is 5.91 Å². The summed E-state index contributed by atoms with van der Waals surface area (Å²) in [5.74, 6) is 0.131. The van der Waals surface area contributed by atoms with Gasteiger partial charge in [0.25, 0.3) is 0 Å². The van der Waals surface area contributed by atoms with Gasteiger partial charge in [-0.1, -0.05) is 23.2 Å². The third-order valence-corrected chi connectivity index (χ3v) is 5.55. The van der Waals surface area contributed by atoms with Gasteiger partial charge in [0.1, 0.15) is 0 Å². The van der Waals surface area contributed by atoms with E-state index in [1.807, 2.05) is 29.5 Å². The lowest BCUT2D eigenvalue weighted by atomic mass is 10.0. The summed E-state index contributed by atoms with van der Waals surface area (Å²) < 4.78 is 1.81. The van der Waals surface area contributed by atoms with Crippen molar-refractivity contribution in [3.63, 3.8) is 0 Å². The van der Waals surface area contributed by atoms with E-state index in [1.54, 1.807) is 12.1 Å². The van der Waals surface area contributed by atoms with E-state index < -0.39 is 0 Å². The van der Waals surface area contributed by atoms with Crippen molar-refractivity contribution in [2.24, 2.45) is 5.73 Å². The molecule has 0 spiro atoms. The predicted octanol–water partition coefficient (Wildman–Crippen LogP) is 3.71. The maximum Gasteiger partial charge on any atom is 0.227 e. The third-order valence-electron chi connectivity index (χ3n) is 4.81. The van der Waals surface area contributed by atoms with Crippen LogP contribution in [0.5, 0.6) is 0 Å². The number of amides is 1. The molecule has 1 saturated heterocycles. The molecule has 0 saturated carbocycles. The number of halogens is 3. The van der Waals surface area contributed by atoms with E-state index in [2.05, 4.69) is 5.10 Å². The van der Waals surface area contributed by atoms with Gasteiger partial charge in [0, 0.05) is 30.4 Å². The van der Waals surface area contributed by atoms with Gasteiger partial charge in [-0.15, -0.1) is 12.4 Å². The van der Waals surface area contributed by atoms with Crippen LogP contribution < -0.4 is 5.73 Å². The highest BCUT2D eigenvalue weighted by Gasteiger charge is 2.23. The summed E-state index contributed by atoms with van der Waals surface area (Å²) in [5.41, 5.74) is 9.51. The molecule has 1 aliphatic rings. The monoisotopic (exact) mass is 416 g/mol. The molecule has 0 aliphatic carbocycles. The average molecular weight is 418 g/mol. The predicted molar refractivity (Wildman–Crippen MR) is 108 cm³/mol. The second-order valence-corrected chi connectivity index (χ2v) is 7.37. The largest absolute Gasteiger partial charge is 0.342 e. The highest BCUT2D eigenvalue weighted by Crippen LogP contribution is 2.26. The van der Waals surface area contributed by atoms with Crippen molar-refractivity contribution in [2.45, 2.75) is 39.2 Å². The van der Waals surface area contributed by atoms with Crippen molar-refractivity contribution in [1.82, 2.24) is 14.7 Å². The lowest BCUT2D eigenvalue weighted by Gasteiger charge is -2.30. The topological polar surface area (TPSA) is 64.2 Å². The summed E-state index contributed by atoms with van der Waals surface area (Å²) in [5, 5.41) is 5.57. The van der Waals surface area contributed by atoms with Crippen molar-refractivity contribution < 1.29 is 4.79 Å². The van der Waals surface area contributed by atoms with Crippen molar-refractivity contribution in [2.75, 3.05) is 13.1 Å². The standard InChI is InChI=1S/C18H22Cl2N4O.ClH/c1-11-15(10-18(25)23-7-5-13(21)6-8-23)12(2)24(22-11)14-3-4-16(19)17(20)9-14;/h3-4,9,13H,5-8,10,21H2,1-2H3;1H. The molecule has 5 nitrogen and oxygen atoms in total. The number of carbonyl (C=O) groups is 1. The molecule has 2 aromatic rings. The van der Waals surface area contributed by atoms with Crippen LogP contribution in [-0.4, -0.2) is 39.7 Å². The molecule has 2 heterocycles. The Balaban J connectivity index is 0.00000243. The second kappa shape index (κ2) is 8.61. The van der Waals surface area contributed by atoms with Gasteiger partial charge < -0.3 is 10.6 Å². The van der Waals surface area contributed by atoms with Gasteiger partial charge in [-0.05, 0) is 44.9 Å². The molecular formula is C18H23Cl3N4O. The first-order valence-electron chi connectivity index (χ1n) is 8.40. The summed E-state index contributed by atoms with van der Waals surface area (Å²) in [6.07, 6.45) is 2.09. The Morgan fingerprint density at radius 1 is 1.23 bits per heavy atom. The molecule has 2 N–H and O–H groups in total.